The van der Waals surface area contributed by atoms with Crippen molar-refractivity contribution < 1.29 is 19.4 Å². The summed E-state index contributed by atoms with van der Waals surface area (Å²) in [5.41, 5.74) is 5.84. The van der Waals surface area contributed by atoms with Crippen molar-refractivity contribution in [3.05, 3.63) is 95.6 Å². The van der Waals surface area contributed by atoms with Crippen LogP contribution in [0.25, 0.3) is 11.1 Å². The van der Waals surface area contributed by atoms with Crippen LogP contribution in [0.3, 0.4) is 0 Å². The van der Waals surface area contributed by atoms with Gasteiger partial charge in [-0.1, -0.05) is 78.9 Å². The molecule has 1 aliphatic rings. The monoisotopic (exact) mass is 475 g/mol. The molecular weight excluding hydrogens is 446 g/mol. The topological polar surface area (TPSA) is 75.6 Å². The standard InChI is InChI=1S/C28H29NO4S/c30-27(31)26(16-8-9-17-34-19-20-10-2-1-3-11-20)29-28(32)33-18-25-23-14-6-4-12-21(23)22-13-5-7-15-24(22)25/h1-7,10-15,25-26H,8-9,16-19H2,(H,29,32)(H,30,31). The molecule has 0 aromatic heterocycles. The number of unbranched alkanes of at least 4 members (excludes halogenated alkanes) is 1. The minimum Gasteiger partial charge on any atom is -0.480 e. The highest BCUT2D eigenvalue weighted by atomic mass is 32.2. The number of hydrogen-bond donors (Lipinski definition) is 2. The van der Waals surface area contributed by atoms with Gasteiger partial charge in [0.1, 0.15) is 12.6 Å². The van der Waals surface area contributed by atoms with Gasteiger partial charge in [0.25, 0.3) is 0 Å². The predicted molar refractivity (Wildman–Crippen MR) is 136 cm³/mol. The van der Waals surface area contributed by atoms with E-state index in [0.717, 1.165) is 46.6 Å². The lowest BCUT2D eigenvalue weighted by Crippen LogP contribution is -2.41. The number of amides is 1. The molecular formula is C28H29NO4S. The summed E-state index contributed by atoms with van der Waals surface area (Å²) in [5, 5.41) is 12.1. The molecule has 0 bridgehead atoms. The van der Waals surface area contributed by atoms with Crippen molar-refractivity contribution in [2.75, 3.05) is 12.4 Å². The van der Waals surface area contributed by atoms with Crippen molar-refractivity contribution in [3.63, 3.8) is 0 Å². The fourth-order valence-corrected chi connectivity index (χ4v) is 5.34. The van der Waals surface area contributed by atoms with E-state index in [2.05, 4.69) is 41.7 Å². The number of ether oxygens (including phenoxy) is 1. The number of carbonyl (C=O) groups is 2. The van der Waals surface area contributed by atoms with E-state index in [9.17, 15) is 14.7 Å². The van der Waals surface area contributed by atoms with Gasteiger partial charge in [0.2, 0.25) is 0 Å². The fraction of sp³-hybridized carbons (Fsp3) is 0.286. The Kier molecular flexibility index (Phi) is 8.26. The second-order valence-corrected chi connectivity index (χ2v) is 9.50. The van der Waals surface area contributed by atoms with Crippen molar-refractivity contribution in [2.24, 2.45) is 0 Å². The van der Waals surface area contributed by atoms with E-state index in [1.165, 1.54) is 5.56 Å². The van der Waals surface area contributed by atoms with Crippen LogP contribution in [0.15, 0.2) is 78.9 Å². The summed E-state index contributed by atoms with van der Waals surface area (Å²) in [4.78, 5) is 24.1. The van der Waals surface area contributed by atoms with Gasteiger partial charge >= 0.3 is 12.1 Å². The Hall–Kier alpha value is -3.25. The summed E-state index contributed by atoms with van der Waals surface area (Å²) < 4.78 is 5.50. The number of nitrogens with one attached hydrogen (secondary N) is 1. The lowest BCUT2D eigenvalue weighted by atomic mass is 9.98. The number of carboxylic acid groups (broad SMARTS) is 1. The van der Waals surface area contributed by atoms with E-state index >= 15 is 0 Å². The van der Waals surface area contributed by atoms with E-state index < -0.39 is 18.1 Å². The Bertz CT molecular complexity index is 1070. The van der Waals surface area contributed by atoms with Crippen LogP contribution >= 0.6 is 11.8 Å². The van der Waals surface area contributed by atoms with Gasteiger partial charge in [-0.3, -0.25) is 0 Å². The third-order valence-corrected chi connectivity index (χ3v) is 7.19. The molecule has 5 nitrogen and oxygen atoms in total. The molecule has 0 aliphatic heterocycles. The average molecular weight is 476 g/mol. The molecule has 0 saturated carbocycles. The number of hydrogen-bond acceptors (Lipinski definition) is 4. The van der Waals surface area contributed by atoms with Crippen molar-refractivity contribution >= 4 is 23.8 Å². The van der Waals surface area contributed by atoms with Gasteiger partial charge in [-0.15, -0.1) is 0 Å². The quantitative estimate of drug-likeness (QED) is 0.329. The van der Waals surface area contributed by atoms with Gasteiger partial charge in [0, 0.05) is 11.7 Å². The Morgan fingerprint density at radius 3 is 2.15 bits per heavy atom. The molecule has 3 aromatic carbocycles. The number of alkyl carbamates (subject to hydrolysis) is 1. The Labute approximate surface area is 204 Å². The summed E-state index contributed by atoms with van der Waals surface area (Å²) in [6.45, 7) is 0.169. The van der Waals surface area contributed by atoms with Crippen LogP contribution in [-0.4, -0.2) is 35.6 Å². The summed E-state index contributed by atoms with van der Waals surface area (Å²) in [6, 6.07) is 25.5. The minimum absolute atomic E-state index is 0.0527. The third-order valence-electron chi connectivity index (χ3n) is 6.08. The van der Waals surface area contributed by atoms with Crippen molar-refractivity contribution in [1.82, 2.24) is 5.32 Å². The molecule has 4 rings (SSSR count). The van der Waals surface area contributed by atoms with Gasteiger partial charge in [-0.05, 0) is 52.8 Å². The van der Waals surface area contributed by atoms with Crippen LogP contribution in [0.5, 0.6) is 0 Å². The van der Waals surface area contributed by atoms with Crippen molar-refractivity contribution in [2.45, 2.75) is 37.0 Å². The summed E-state index contributed by atoms with van der Waals surface area (Å²) in [5.74, 6) is 0.807. The van der Waals surface area contributed by atoms with Crippen LogP contribution < -0.4 is 5.32 Å². The first-order valence-electron chi connectivity index (χ1n) is 11.6. The molecule has 2 N–H and O–H groups in total. The third kappa shape index (κ3) is 6.00. The van der Waals surface area contributed by atoms with Gasteiger partial charge in [-0.2, -0.15) is 11.8 Å². The van der Waals surface area contributed by atoms with Crippen LogP contribution in [0.1, 0.15) is 41.9 Å². The van der Waals surface area contributed by atoms with Gasteiger partial charge in [-0.25, -0.2) is 9.59 Å². The number of rotatable bonds is 11. The lowest BCUT2D eigenvalue weighted by molar-refractivity contribution is -0.139. The predicted octanol–water partition coefficient (Wildman–Crippen LogP) is 6.08. The molecule has 1 amide bonds. The van der Waals surface area contributed by atoms with Crippen LogP contribution in [-0.2, 0) is 15.3 Å². The summed E-state index contributed by atoms with van der Waals surface area (Å²) in [6.07, 6.45) is 1.31. The zero-order chi connectivity index (χ0) is 23.8. The SMILES string of the molecule is O=C(NC(CCCCSCc1ccccc1)C(=O)O)OCC1c2ccccc2-c2ccccc21. The maximum absolute atomic E-state index is 12.4. The molecule has 1 unspecified atom stereocenters. The molecule has 0 saturated heterocycles. The van der Waals surface area contributed by atoms with Crippen LogP contribution in [0, 0.1) is 0 Å². The highest BCUT2D eigenvalue weighted by molar-refractivity contribution is 7.98. The molecule has 34 heavy (non-hydrogen) atoms. The average Bonchev–Trinajstić information content (AvgIpc) is 3.18. The molecule has 0 radical (unpaired) electrons. The first-order valence-corrected chi connectivity index (χ1v) is 12.7. The Morgan fingerprint density at radius 2 is 1.50 bits per heavy atom. The first-order chi connectivity index (χ1) is 16.6. The van der Waals surface area contributed by atoms with Gasteiger partial charge < -0.3 is 15.2 Å². The van der Waals surface area contributed by atoms with E-state index in [0.29, 0.717) is 6.42 Å². The normalized spacial score (nSPS) is 13.1. The smallest absolute Gasteiger partial charge is 0.407 e. The molecule has 1 aliphatic carbocycles. The molecule has 0 heterocycles. The Balaban J connectivity index is 1.22. The van der Waals surface area contributed by atoms with E-state index in [4.69, 9.17) is 4.74 Å². The van der Waals surface area contributed by atoms with E-state index in [1.54, 1.807) is 0 Å². The number of fused-ring (bicyclic) bond motifs is 3. The molecule has 176 valence electrons. The zero-order valence-electron chi connectivity index (χ0n) is 19.0. The highest BCUT2D eigenvalue weighted by Crippen LogP contribution is 2.44. The molecule has 6 heteroatoms. The van der Waals surface area contributed by atoms with Gasteiger partial charge in [0.15, 0.2) is 0 Å². The zero-order valence-corrected chi connectivity index (χ0v) is 19.8. The number of benzene rings is 3. The minimum atomic E-state index is -1.04. The summed E-state index contributed by atoms with van der Waals surface area (Å²) >= 11 is 1.83. The fourth-order valence-electron chi connectivity index (χ4n) is 4.36. The first kappa shape index (κ1) is 23.9. The Morgan fingerprint density at radius 1 is 0.882 bits per heavy atom. The molecule has 1 atom stereocenters. The molecule has 0 spiro atoms. The molecule has 0 fully saturated rings. The van der Waals surface area contributed by atoms with Crippen molar-refractivity contribution in [1.29, 1.82) is 0 Å². The number of carbonyl (C=O) groups excluding carboxylic acids is 1. The second-order valence-electron chi connectivity index (χ2n) is 8.39. The van der Waals surface area contributed by atoms with Crippen LogP contribution in [0.2, 0.25) is 0 Å². The highest BCUT2D eigenvalue weighted by Gasteiger charge is 2.29. The summed E-state index contributed by atoms with van der Waals surface area (Å²) in [7, 11) is 0. The second kappa shape index (κ2) is 11.7. The van der Waals surface area contributed by atoms with Gasteiger partial charge in [0.05, 0.1) is 0 Å². The number of thioether (sulfide) groups is 1. The van der Waals surface area contributed by atoms with Crippen LogP contribution in [0.4, 0.5) is 4.79 Å². The van der Waals surface area contributed by atoms with Crippen molar-refractivity contribution in [3.8, 4) is 11.1 Å². The lowest BCUT2D eigenvalue weighted by Gasteiger charge is -2.17. The maximum Gasteiger partial charge on any atom is 0.407 e. The number of carboxylic acids is 1. The van der Waals surface area contributed by atoms with E-state index in [1.807, 2.05) is 54.2 Å². The van der Waals surface area contributed by atoms with E-state index in [-0.39, 0.29) is 12.5 Å². The number of aliphatic carboxylic acids is 1. The largest absolute Gasteiger partial charge is 0.480 e. The maximum atomic E-state index is 12.4. The molecule has 3 aromatic rings.